The highest BCUT2D eigenvalue weighted by Crippen LogP contribution is 2.25. The normalized spacial score (nSPS) is 10.3. The van der Waals surface area contributed by atoms with Crippen molar-refractivity contribution in [3.8, 4) is 11.6 Å². The van der Waals surface area contributed by atoms with E-state index in [2.05, 4.69) is 4.98 Å². The van der Waals surface area contributed by atoms with Crippen molar-refractivity contribution in [2.24, 2.45) is 0 Å². The zero-order chi connectivity index (χ0) is 15.6. The lowest BCUT2D eigenvalue weighted by molar-refractivity contribution is 0.103. The van der Waals surface area contributed by atoms with E-state index >= 15 is 0 Å². The molecule has 0 unspecified atom stereocenters. The van der Waals surface area contributed by atoms with Crippen molar-refractivity contribution in [3.05, 3.63) is 47.2 Å². The summed E-state index contributed by atoms with van der Waals surface area (Å²) in [7, 11) is 2.79. The molecule has 0 aliphatic carbocycles. The molecule has 0 amide bonds. The number of methoxy groups -OCH3 is 2. The Kier molecular flexibility index (Phi) is 4.02. The molecule has 7 heteroatoms. The van der Waals surface area contributed by atoms with Gasteiger partial charge in [0.05, 0.1) is 25.5 Å². The number of benzene rings is 1. The summed E-state index contributed by atoms with van der Waals surface area (Å²) in [4.78, 5) is 16.3. The summed E-state index contributed by atoms with van der Waals surface area (Å²) < 4.78 is 36.4. The number of ketones is 1. The van der Waals surface area contributed by atoms with Crippen LogP contribution in [0.25, 0.3) is 0 Å². The SMILES string of the molecule is COc1cc(OC)nc(C(=O)c2ccc(F)c(F)c2N)c1. The summed E-state index contributed by atoms with van der Waals surface area (Å²) in [5.41, 5.74) is 4.64. The first-order valence-corrected chi connectivity index (χ1v) is 5.86. The van der Waals surface area contributed by atoms with Crippen LogP contribution in [0.3, 0.4) is 0 Å². The third kappa shape index (κ3) is 2.76. The van der Waals surface area contributed by atoms with E-state index in [-0.39, 0.29) is 17.1 Å². The smallest absolute Gasteiger partial charge is 0.217 e. The first kappa shape index (κ1) is 14.7. The van der Waals surface area contributed by atoms with Crippen molar-refractivity contribution < 1.29 is 23.0 Å². The van der Waals surface area contributed by atoms with Crippen LogP contribution in [0.15, 0.2) is 24.3 Å². The molecule has 1 aromatic carbocycles. The molecule has 0 radical (unpaired) electrons. The number of hydrogen-bond donors (Lipinski definition) is 1. The fourth-order valence-electron chi connectivity index (χ4n) is 1.72. The summed E-state index contributed by atoms with van der Waals surface area (Å²) in [6.07, 6.45) is 0. The zero-order valence-electron chi connectivity index (χ0n) is 11.3. The summed E-state index contributed by atoms with van der Waals surface area (Å²) in [6.45, 7) is 0. The van der Waals surface area contributed by atoms with E-state index in [9.17, 15) is 13.6 Å². The number of carbonyl (C=O) groups is 1. The fourth-order valence-corrected chi connectivity index (χ4v) is 1.72. The number of halogens is 2. The second kappa shape index (κ2) is 5.74. The van der Waals surface area contributed by atoms with Crippen LogP contribution in [0.4, 0.5) is 14.5 Å². The molecule has 2 N–H and O–H groups in total. The lowest BCUT2D eigenvalue weighted by Gasteiger charge is -2.09. The molecule has 0 bridgehead atoms. The van der Waals surface area contributed by atoms with Gasteiger partial charge in [-0.25, -0.2) is 13.8 Å². The van der Waals surface area contributed by atoms with Gasteiger partial charge in [0.15, 0.2) is 11.6 Å². The highest BCUT2D eigenvalue weighted by Gasteiger charge is 2.20. The number of pyridine rings is 1. The quantitative estimate of drug-likeness (QED) is 0.691. The van der Waals surface area contributed by atoms with Crippen molar-refractivity contribution in [1.82, 2.24) is 4.98 Å². The maximum atomic E-state index is 13.4. The highest BCUT2D eigenvalue weighted by atomic mass is 19.2. The monoisotopic (exact) mass is 294 g/mol. The molecule has 0 saturated heterocycles. The van der Waals surface area contributed by atoms with Crippen molar-refractivity contribution in [2.45, 2.75) is 0 Å². The Hall–Kier alpha value is -2.70. The molecular formula is C14H12F2N2O3. The topological polar surface area (TPSA) is 74.4 Å². The summed E-state index contributed by atoms with van der Waals surface area (Å²) in [5, 5.41) is 0. The number of nitrogens with zero attached hydrogens (tertiary/aromatic N) is 1. The number of nitrogen functional groups attached to an aromatic ring is 1. The fraction of sp³-hybridized carbons (Fsp3) is 0.143. The van der Waals surface area contributed by atoms with Gasteiger partial charge in [-0.2, -0.15) is 0 Å². The molecule has 0 fully saturated rings. The number of nitrogens with two attached hydrogens (primary N) is 1. The Morgan fingerprint density at radius 1 is 1.19 bits per heavy atom. The number of hydrogen-bond acceptors (Lipinski definition) is 5. The van der Waals surface area contributed by atoms with Crippen molar-refractivity contribution in [3.63, 3.8) is 0 Å². The van der Waals surface area contributed by atoms with E-state index in [1.807, 2.05) is 0 Å². The predicted octanol–water partition coefficient (Wildman–Crippen LogP) is 2.19. The molecule has 2 aromatic rings. The second-order valence-corrected chi connectivity index (χ2v) is 4.09. The molecule has 110 valence electrons. The van der Waals surface area contributed by atoms with Gasteiger partial charge in [0.2, 0.25) is 11.7 Å². The Morgan fingerprint density at radius 3 is 2.52 bits per heavy atom. The van der Waals surface area contributed by atoms with Gasteiger partial charge in [-0.05, 0) is 12.1 Å². The van der Waals surface area contributed by atoms with Crippen LogP contribution < -0.4 is 15.2 Å². The maximum Gasteiger partial charge on any atom is 0.217 e. The number of ether oxygens (including phenoxy) is 2. The number of aromatic nitrogens is 1. The summed E-state index contributed by atoms with van der Waals surface area (Å²) >= 11 is 0. The number of anilines is 1. The zero-order valence-corrected chi connectivity index (χ0v) is 11.3. The van der Waals surface area contributed by atoms with Gasteiger partial charge in [-0.1, -0.05) is 0 Å². The molecule has 0 saturated carbocycles. The molecule has 0 aliphatic rings. The molecular weight excluding hydrogens is 282 g/mol. The Bertz CT molecular complexity index is 683. The second-order valence-electron chi connectivity index (χ2n) is 4.09. The molecule has 0 spiro atoms. The van der Waals surface area contributed by atoms with E-state index in [0.717, 1.165) is 12.1 Å². The molecule has 1 aromatic heterocycles. The average molecular weight is 294 g/mol. The molecule has 0 atom stereocenters. The Balaban J connectivity index is 2.52. The van der Waals surface area contributed by atoms with Gasteiger partial charge >= 0.3 is 0 Å². The molecule has 2 rings (SSSR count). The van der Waals surface area contributed by atoms with Crippen LogP contribution in [-0.4, -0.2) is 25.0 Å². The highest BCUT2D eigenvalue weighted by molar-refractivity contribution is 6.11. The van der Waals surface area contributed by atoms with Crippen molar-refractivity contribution in [2.75, 3.05) is 20.0 Å². The van der Waals surface area contributed by atoms with Crippen LogP contribution in [0.2, 0.25) is 0 Å². The van der Waals surface area contributed by atoms with E-state index < -0.39 is 23.1 Å². The van der Waals surface area contributed by atoms with Gasteiger partial charge in [-0.15, -0.1) is 0 Å². The van der Waals surface area contributed by atoms with E-state index in [1.54, 1.807) is 0 Å². The summed E-state index contributed by atoms with van der Waals surface area (Å²) in [5.74, 6) is -2.57. The van der Waals surface area contributed by atoms with E-state index in [4.69, 9.17) is 15.2 Å². The first-order valence-electron chi connectivity index (χ1n) is 5.86. The van der Waals surface area contributed by atoms with Gasteiger partial charge in [0.25, 0.3) is 0 Å². The molecule has 5 nitrogen and oxygen atoms in total. The van der Waals surface area contributed by atoms with Crippen LogP contribution >= 0.6 is 0 Å². The largest absolute Gasteiger partial charge is 0.496 e. The first-order chi connectivity index (χ1) is 9.97. The van der Waals surface area contributed by atoms with Crippen LogP contribution in [0.1, 0.15) is 16.1 Å². The summed E-state index contributed by atoms with van der Waals surface area (Å²) in [6, 6.07) is 4.76. The minimum absolute atomic E-state index is 0.0519. The van der Waals surface area contributed by atoms with Gasteiger partial charge < -0.3 is 15.2 Å². The predicted molar refractivity (Wildman–Crippen MR) is 71.5 cm³/mol. The Morgan fingerprint density at radius 2 is 1.90 bits per heavy atom. The average Bonchev–Trinajstić information content (AvgIpc) is 2.51. The third-order valence-corrected chi connectivity index (χ3v) is 2.83. The lowest BCUT2D eigenvalue weighted by atomic mass is 10.0. The van der Waals surface area contributed by atoms with Crippen molar-refractivity contribution >= 4 is 11.5 Å². The van der Waals surface area contributed by atoms with E-state index in [0.29, 0.717) is 5.75 Å². The minimum Gasteiger partial charge on any atom is -0.496 e. The standard InChI is InChI=1S/C14H12F2N2O3/c1-20-7-5-10(18-11(6-7)21-2)14(19)8-3-4-9(15)12(16)13(8)17/h3-6H,17H2,1-2H3. The van der Waals surface area contributed by atoms with Gasteiger partial charge in [0.1, 0.15) is 11.4 Å². The molecule has 1 heterocycles. The molecule has 0 aliphatic heterocycles. The van der Waals surface area contributed by atoms with Gasteiger partial charge in [0, 0.05) is 12.1 Å². The van der Waals surface area contributed by atoms with Gasteiger partial charge in [-0.3, -0.25) is 4.79 Å². The molecule has 21 heavy (non-hydrogen) atoms. The van der Waals surface area contributed by atoms with E-state index in [1.165, 1.54) is 26.4 Å². The van der Waals surface area contributed by atoms with Crippen LogP contribution in [-0.2, 0) is 0 Å². The van der Waals surface area contributed by atoms with Crippen LogP contribution in [0, 0.1) is 11.6 Å². The Labute approximate surface area is 119 Å². The maximum absolute atomic E-state index is 13.4. The third-order valence-electron chi connectivity index (χ3n) is 2.83. The lowest BCUT2D eigenvalue weighted by Crippen LogP contribution is -2.10. The van der Waals surface area contributed by atoms with Crippen LogP contribution in [0.5, 0.6) is 11.6 Å². The number of rotatable bonds is 4. The van der Waals surface area contributed by atoms with Crippen molar-refractivity contribution in [1.29, 1.82) is 0 Å². The number of carbonyl (C=O) groups excluding carboxylic acids is 1. The minimum atomic E-state index is -1.27.